The Bertz CT molecular complexity index is 465. The molecule has 20 heavy (non-hydrogen) atoms. The predicted octanol–water partition coefficient (Wildman–Crippen LogP) is 1.60. The van der Waals surface area contributed by atoms with Crippen molar-refractivity contribution in [1.82, 2.24) is 10.3 Å². The van der Waals surface area contributed by atoms with Gasteiger partial charge in [0.15, 0.2) is 0 Å². The number of pyridine rings is 1. The number of aromatic nitrogens is 1. The van der Waals surface area contributed by atoms with Gasteiger partial charge in [0.1, 0.15) is 12.2 Å². The van der Waals surface area contributed by atoms with Gasteiger partial charge in [-0.1, -0.05) is 6.07 Å². The van der Waals surface area contributed by atoms with E-state index in [9.17, 15) is 4.79 Å². The molecule has 5 heteroatoms. The molecule has 2 aliphatic rings. The summed E-state index contributed by atoms with van der Waals surface area (Å²) in [5.74, 6) is -0.0151. The number of hydrogen-bond donors (Lipinski definition) is 1. The second-order valence-electron chi connectivity index (χ2n) is 5.49. The van der Waals surface area contributed by atoms with Gasteiger partial charge in [-0.2, -0.15) is 0 Å². The first kappa shape index (κ1) is 13.5. The van der Waals surface area contributed by atoms with Crippen LogP contribution < -0.4 is 5.32 Å². The molecule has 1 amide bonds. The molecule has 5 nitrogen and oxygen atoms in total. The molecule has 0 unspecified atom stereocenters. The summed E-state index contributed by atoms with van der Waals surface area (Å²) in [6.45, 7) is 2.66. The first-order valence-electron chi connectivity index (χ1n) is 7.21. The zero-order valence-electron chi connectivity index (χ0n) is 11.6. The number of hydrogen-bond acceptors (Lipinski definition) is 4. The summed E-state index contributed by atoms with van der Waals surface area (Å²) in [6, 6.07) is 3.87. The topological polar surface area (TPSA) is 60.5 Å². The third kappa shape index (κ3) is 2.83. The fraction of sp³-hybridized carbons (Fsp3) is 0.600. The second-order valence-corrected chi connectivity index (χ2v) is 5.49. The normalized spacial score (nSPS) is 33.2. The Labute approximate surface area is 118 Å². The molecule has 0 aliphatic carbocycles. The molecular formula is C15H20N2O3. The predicted molar refractivity (Wildman–Crippen MR) is 73.0 cm³/mol. The van der Waals surface area contributed by atoms with Crippen LogP contribution in [0.3, 0.4) is 0 Å². The first-order chi connectivity index (χ1) is 9.74. The van der Waals surface area contributed by atoms with Crippen molar-refractivity contribution in [2.45, 2.75) is 50.5 Å². The molecule has 0 radical (unpaired) electrons. The summed E-state index contributed by atoms with van der Waals surface area (Å²) >= 11 is 0. The van der Waals surface area contributed by atoms with Crippen molar-refractivity contribution in [1.29, 1.82) is 0 Å². The Morgan fingerprint density at radius 1 is 1.40 bits per heavy atom. The lowest BCUT2D eigenvalue weighted by molar-refractivity contribution is -0.132. The van der Waals surface area contributed by atoms with Crippen LogP contribution in [0.2, 0.25) is 0 Å². The maximum Gasteiger partial charge on any atom is 0.249 e. The molecule has 0 spiro atoms. The van der Waals surface area contributed by atoms with Crippen LogP contribution in [-0.2, 0) is 14.3 Å². The molecule has 1 N–H and O–H groups in total. The minimum Gasteiger partial charge on any atom is -0.371 e. The van der Waals surface area contributed by atoms with Gasteiger partial charge in [-0.25, -0.2) is 0 Å². The number of amides is 1. The van der Waals surface area contributed by atoms with E-state index >= 15 is 0 Å². The van der Waals surface area contributed by atoms with Crippen LogP contribution in [0.15, 0.2) is 24.5 Å². The van der Waals surface area contributed by atoms with E-state index < -0.39 is 0 Å². The summed E-state index contributed by atoms with van der Waals surface area (Å²) in [6.07, 6.45) is 5.88. The van der Waals surface area contributed by atoms with Crippen LogP contribution in [0.4, 0.5) is 0 Å². The summed E-state index contributed by atoms with van der Waals surface area (Å²) in [5.41, 5.74) is 1.01. The van der Waals surface area contributed by atoms with Crippen molar-refractivity contribution < 1.29 is 14.3 Å². The lowest BCUT2D eigenvalue weighted by Crippen LogP contribution is -2.42. The third-order valence-corrected chi connectivity index (χ3v) is 3.96. The highest BCUT2D eigenvalue weighted by Crippen LogP contribution is 2.29. The van der Waals surface area contributed by atoms with Crippen LogP contribution in [-0.4, -0.2) is 35.7 Å². The van der Waals surface area contributed by atoms with Crippen LogP contribution in [0, 0.1) is 0 Å². The van der Waals surface area contributed by atoms with Crippen molar-refractivity contribution in [2.75, 3.05) is 6.61 Å². The van der Waals surface area contributed by atoms with E-state index in [4.69, 9.17) is 9.47 Å². The van der Waals surface area contributed by atoms with E-state index in [1.54, 1.807) is 12.4 Å². The van der Waals surface area contributed by atoms with Crippen molar-refractivity contribution in [3.8, 4) is 0 Å². The number of rotatable bonds is 3. The number of nitrogens with zero attached hydrogens (tertiary/aromatic N) is 1. The number of carbonyl (C=O) groups is 1. The minimum absolute atomic E-state index is 0.00575. The summed E-state index contributed by atoms with van der Waals surface area (Å²) in [4.78, 5) is 16.3. The maximum absolute atomic E-state index is 12.2. The molecule has 1 aromatic rings. The molecule has 108 valence electrons. The molecule has 2 fully saturated rings. The summed E-state index contributed by atoms with van der Waals surface area (Å²) < 4.78 is 11.3. The van der Waals surface area contributed by atoms with E-state index in [0.29, 0.717) is 6.61 Å². The lowest BCUT2D eigenvalue weighted by Gasteiger charge is -2.21. The highest BCUT2D eigenvalue weighted by Gasteiger charge is 2.35. The van der Waals surface area contributed by atoms with Gasteiger partial charge in [0.2, 0.25) is 5.91 Å². The molecule has 1 aromatic heterocycles. The monoisotopic (exact) mass is 276 g/mol. The highest BCUT2D eigenvalue weighted by atomic mass is 16.5. The van der Waals surface area contributed by atoms with Crippen molar-refractivity contribution in [2.24, 2.45) is 0 Å². The summed E-state index contributed by atoms with van der Waals surface area (Å²) in [7, 11) is 0. The largest absolute Gasteiger partial charge is 0.371 e. The zero-order chi connectivity index (χ0) is 13.9. The third-order valence-electron chi connectivity index (χ3n) is 3.96. The first-order valence-corrected chi connectivity index (χ1v) is 7.21. The van der Waals surface area contributed by atoms with Gasteiger partial charge in [0, 0.05) is 24.6 Å². The summed E-state index contributed by atoms with van der Waals surface area (Å²) in [5, 5.41) is 3.07. The molecule has 2 saturated heterocycles. The maximum atomic E-state index is 12.2. The fourth-order valence-corrected chi connectivity index (χ4v) is 2.88. The molecule has 0 aromatic carbocycles. The van der Waals surface area contributed by atoms with Crippen LogP contribution >= 0.6 is 0 Å². The Hall–Kier alpha value is -1.46. The van der Waals surface area contributed by atoms with E-state index in [-0.39, 0.29) is 30.3 Å². The Morgan fingerprint density at radius 3 is 3.00 bits per heavy atom. The highest BCUT2D eigenvalue weighted by molar-refractivity contribution is 5.81. The molecule has 3 rings (SSSR count). The minimum atomic E-state index is -0.305. The molecule has 2 aliphatic heterocycles. The average molecular weight is 276 g/mol. The SMILES string of the molecule is C[C@@H]1CC[C@@H](C(=O)N[C@H]2CCO[C@@H]2c2cccnc2)O1. The average Bonchev–Trinajstić information content (AvgIpc) is 3.09. The van der Waals surface area contributed by atoms with Crippen molar-refractivity contribution in [3.05, 3.63) is 30.1 Å². The molecule has 4 atom stereocenters. The standard InChI is InChI=1S/C15H20N2O3/c1-10-4-5-13(20-10)15(18)17-12-6-8-19-14(12)11-3-2-7-16-9-11/h2-3,7,9-10,12-14H,4-6,8H2,1H3,(H,17,18)/t10-,12+,13+,14-/m1/s1. The Balaban J connectivity index is 1.63. The van der Waals surface area contributed by atoms with Gasteiger partial charge in [0.25, 0.3) is 0 Å². The molecular weight excluding hydrogens is 256 g/mol. The van der Waals surface area contributed by atoms with Gasteiger partial charge in [-0.3, -0.25) is 9.78 Å². The van der Waals surface area contributed by atoms with Gasteiger partial charge >= 0.3 is 0 Å². The Kier molecular flexibility index (Phi) is 3.98. The molecule has 0 saturated carbocycles. The second kappa shape index (κ2) is 5.89. The fourth-order valence-electron chi connectivity index (χ4n) is 2.88. The Morgan fingerprint density at radius 2 is 2.30 bits per heavy atom. The van der Waals surface area contributed by atoms with Crippen LogP contribution in [0.5, 0.6) is 0 Å². The number of carbonyl (C=O) groups excluding carboxylic acids is 1. The van der Waals surface area contributed by atoms with Gasteiger partial charge in [-0.15, -0.1) is 0 Å². The van der Waals surface area contributed by atoms with E-state index in [1.165, 1.54) is 0 Å². The van der Waals surface area contributed by atoms with E-state index in [1.807, 2.05) is 19.1 Å². The van der Waals surface area contributed by atoms with Gasteiger partial charge in [0.05, 0.1) is 12.1 Å². The van der Waals surface area contributed by atoms with E-state index in [0.717, 1.165) is 24.8 Å². The van der Waals surface area contributed by atoms with Gasteiger partial charge < -0.3 is 14.8 Å². The smallest absolute Gasteiger partial charge is 0.249 e. The number of ether oxygens (including phenoxy) is 2. The molecule has 3 heterocycles. The number of nitrogens with one attached hydrogen (secondary N) is 1. The van der Waals surface area contributed by atoms with Crippen LogP contribution in [0.1, 0.15) is 37.9 Å². The van der Waals surface area contributed by atoms with Gasteiger partial charge in [-0.05, 0) is 32.3 Å². The van der Waals surface area contributed by atoms with E-state index in [2.05, 4.69) is 10.3 Å². The van der Waals surface area contributed by atoms with Crippen molar-refractivity contribution >= 4 is 5.91 Å². The quantitative estimate of drug-likeness (QED) is 0.911. The lowest BCUT2D eigenvalue weighted by atomic mass is 10.0. The molecule has 0 bridgehead atoms. The zero-order valence-corrected chi connectivity index (χ0v) is 11.6. The van der Waals surface area contributed by atoms with Crippen molar-refractivity contribution in [3.63, 3.8) is 0 Å². The van der Waals surface area contributed by atoms with Crippen LogP contribution in [0.25, 0.3) is 0 Å².